The maximum atomic E-state index is 13.6. The van der Waals surface area contributed by atoms with Gasteiger partial charge in [0.1, 0.15) is 11.6 Å². The zero-order valence-corrected chi connectivity index (χ0v) is 13.9. The molecule has 0 spiro atoms. The summed E-state index contributed by atoms with van der Waals surface area (Å²) in [6, 6.07) is 13.3. The van der Waals surface area contributed by atoms with Gasteiger partial charge in [-0.3, -0.25) is 14.6 Å². The molecule has 0 bridgehead atoms. The number of carbonyl (C=O) groups excluding carboxylic acids is 1. The van der Waals surface area contributed by atoms with Crippen molar-refractivity contribution in [2.75, 3.05) is 38.0 Å². The molecule has 1 aliphatic rings. The molecule has 0 aromatic heterocycles. The van der Waals surface area contributed by atoms with E-state index in [4.69, 9.17) is 0 Å². The number of rotatable bonds is 5. The molecule has 1 heterocycles. The highest BCUT2D eigenvalue weighted by Gasteiger charge is 2.19. The highest BCUT2D eigenvalue weighted by atomic mass is 19.1. The topological polar surface area (TPSA) is 35.6 Å². The average molecular weight is 345 g/mol. The summed E-state index contributed by atoms with van der Waals surface area (Å²) in [7, 11) is 0. The molecule has 132 valence electrons. The Labute approximate surface area is 146 Å². The van der Waals surface area contributed by atoms with Crippen molar-refractivity contribution in [1.82, 2.24) is 9.80 Å². The van der Waals surface area contributed by atoms with Gasteiger partial charge in [0.25, 0.3) is 0 Å². The van der Waals surface area contributed by atoms with Gasteiger partial charge in [-0.05, 0) is 17.7 Å². The van der Waals surface area contributed by atoms with Gasteiger partial charge in [-0.25, -0.2) is 8.78 Å². The van der Waals surface area contributed by atoms with Crippen molar-refractivity contribution in [1.29, 1.82) is 0 Å². The SMILES string of the molecule is O=C(CN1CCN(Cc2ccccc2)CC1)Nc1cc(F)ccc1F. The van der Waals surface area contributed by atoms with Gasteiger partial charge in [-0.1, -0.05) is 30.3 Å². The third-order valence-corrected chi connectivity index (χ3v) is 4.28. The number of anilines is 1. The summed E-state index contributed by atoms with van der Waals surface area (Å²) in [5, 5.41) is 2.44. The molecule has 6 heteroatoms. The zero-order valence-electron chi connectivity index (χ0n) is 13.9. The lowest BCUT2D eigenvalue weighted by atomic mass is 10.2. The number of nitrogens with one attached hydrogen (secondary N) is 1. The Balaban J connectivity index is 1.45. The van der Waals surface area contributed by atoms with Crippen molar-refractivity contribution in [2.24, 2.45) is 0 Å². The van der Waals surface area contributed by atoms with E-state index in [0.29, 0.717) is 0 Å². The molecule has 0 aliphatic carbocycles. The van der Waals surface area contributed by atoms with Crippen LogP contribution in [0.25, 0.3) is 0 Å². The number of amides is 1. The first-order valence-electron chi connectivity index (χ1n) is 8.34. The molecule has 2 aromatic carbocycles. The summed E-state index contributed by atoms with van der Waals surface area (Å²) in [4.78, 5) is 16.4. The number of halogens is 2. The van der Waals surface area contributed by atoms with E-state index in [1.165, 1.54) is 5.56 Å². The van der Waals surface area contributed by atoms with Crippen LogP contribution in [0.4, 0.5) is 14.5 Å². The van der Waals surface area contributed by atoms with Gasteiger partial charge in [-0.15, -0.1) is 0 Å². The lowest BCUT2D eigenvalue weighted by Crippen LogP contribution is -2.48. The van der Waals surface area contributed by atoms with Crippen molar-refractivity contribution in [2.45, 2.75) is 6.54 Å². The normalized spacial score (nSPS) is 15.9. The second kappa shape index (κ2) is 8.18. The van der Waals surface area contributed by atoms with Gasteiger partial charge in [0.05, 0.1) is 12.2 Å². The summed E-state index contributed by atoms with van der Waals surface area (Å²) in [5.74, 6) is -1.55. The molecular weight excluding hydrogens is 324 g/mol. The Morgan fingerprint density at radius 3 is 2.36 bits per heavy atom. The number of nitrogens with zero attached hydrogens (tertiary/aromatic N) is 2. The molecule has 2 aromatic rings. The fourth-order valence-corrected chi connectivity index (χ4v) is 2.93. The quantitative estimate of drug-likeness (QED) is 0.905. The molecule has 0 saturated carbocycles. The van der Waals surface area contributed by atoms with E-state index >= 15 is 0 Å². The van der Waals surface area contributed by atoms with Crippen LogP contribution in [-0.2, 0) is 11.3 Å². The standard InChI is InChI=1S/C19H21F2N3O/c20-16-6-7-17(21)18(12-16)22-19(25)14-24-10-8-23(9-11-24)13-15-4-2-1-3-5-15/h1-7,12H,8-11,13-14H2,(H,22,25). The van der Waals surface area contributed by atoms with Crippen LogP contribution in [0.15, 0.2) is 48.5 Å². The van der Waals surface area contributed by atoms with E-state index in [1.54, 1.807) is 0 Å². The lowest BCUT2D eigenvalue weighted by Gasteiger charge is -2.34. The molecule has 0 unspecified atom stereocenters. The molecule has 1 N–H and O–H groups in total. The Morgan fingerprint density at radius 1 is 0.960 bits per heavy atom. The van der Waals surface area contributed by atoms with Crippen molar-refractivity contribution in [3.63, 3.8) is 0 Å². The summed E-state index contributed by atoms with van der Waals surface area (Å²) in [6.07, 6.45) is 0. The highest BCUT2D eigenvalue weighted by molar-refractivity contribution is 5.92. The fraction of sp³-hybridized carbons (Fsp3) is 0.316. The van der Waals surface area contributed by atoms with Gasteiger partial charge in [0.15, 0.2) is 0 Å². The largest absolute Gasteiger partial charge is 0.322 e. The molecule has 25 heavy (non-hydrogen) atoms. The maximum absolute atomic E-state index is 13.6. The number of hydrogen-bond donors (Lipinski definition) is 1. The van der Waals surface area contributed by atoms with Crippen molar-refractivity contribution >= 4 is 11.6 Å². The van der Waals surface area contributed by atoms with Gasteiger partial charge in [-0.2, -0.15) is 0 Å². The summed E-state index contributed by atoms with van der Waals surface area (Å²) < 4.78 is 26.7. The van der Waals surface area contributed by atoms with E-state index in [-0.39, 0.29) is 18.1 Å². The van der Waals surface area contributed by atoms with E-state index < -0.39 is 11.6 Å². The van der Waals surface area contributed by atoms with E-state index in [0.717, 1.165) is 50.9 Å². The number of hydrogen-bond acceptors (Lipinski definition) is 3. The second-order valence-corrected chi connectivity index (χ2v) is 6.21. The molecular formula is C19H21F2N3O. The van der Waals surface area contributed by atoms with Crippen LogP contribution in [0.1, 0.15) is 5.56 Å². The van der Waals surface area contributed by atoms with Crippen molar-refractivity contribution < 1.29 is 13.6 Å². The van der Waals surface area contributed by atoms with Crippen LogP contribution in [-0.4, -0.2) is 48.4 Å². The molecule has 0 radical (unpaired) electrons. The van der Waals surface area contributed by atoms with Crippen LogP contribution in [0.3, 0.4) is 0 Å². The summed E-state index contributed by atoms with van der Waals surface area (Å²) >= 11 is 0. The molecule has 1 saturated heterocycles. The van der Waals surface area contributed by atoms with Gasteiger partial charge in [0.2, 0.25) is 5.91 Å². The van der Waals surface area contributed by atoms with E-state index in [1.807, 2.05) is 23.1 Å². The first kappa shape index (κ1) is 17.5. The first-order chi connectivity index (χ1) is 12.1. The summed E-state index contributed by atoms with van der Waals surface area (Å²) in [6.45, 7) is 4.36. The molecule has 1 amide bonds. The van der Waals surface area contributed by atoms with Gasteiger partial charge < -0.3 is 5.32 Å². The third kappa shape index (κ3) is 5.08. The smallest absolute Gasteiger partial charge is 0.238 e. The third-order valence-electron chi connectivity index (χ3n) is 4.28. The minimum Gasteiger partial charge on any atom is -0.322 e. The minimum absolute atomic E-state index is 0.118. The number of carbonyl (C=O) groups is 1. The molecule has 4 nitrogen and oxygen atoms in total. The Morgan fingerprint density at radius 2 is 1.64 bits per heavy atom. The van der Waals surface area contributed by atoms with Gasteiger partial charge in [0, 0.05) is 38.8 Å². The summed E-state index contributed by atoms with van der Waals surface area (Å²) in [5.41, 5.74) is 1.16. The maximum Gasteiger partial charge on any atom is 0.238 e. The Kier molecular flexibility index (Phi) is 5.73. The Bertz CT molecular complexity index is 716. The fourth-order valence-electron chi connectivity index (χ4n) is 2.93. The van der Waals surface area contributed by atoms with Gasteiger partial charge >= 0.3 is 0 Å². The molecule has 0 atom stereocenters. The van der Waals surface area contributed by atoms with Crippen LogP contribution in [0, 0.1) is 11.6 Å². The predicted octanol–water partition coefficient (Wildman–Crippen LogP) is 2.72. The van der Waals surface area contributed by atoms with Crippen LogP contribution in [0.5, 0.6) is 0 Å². The van der Waals surface area contributed by atoms with Crippen LogP contribution >= 0.6 is 0 Å². The monoisotopic (exact) mass is 345 g/mol. The molecule has 1 fully saturated rings. The van der Waals surface area contributed by atoms with E-state index in [2.05, 4.69) is 22.3 Å². The predicted molar refractivity (Wildman–Crippen MR) is 93.1 cm³/mol. The first-order valence-corrected chi connectivity index (χ1v) is 8.34. The van der Waals surface area contributed by atoms with Crippen LogP contribution < -0.4 is 5.32 Å². The Hall–Kier alpha value is -2.31. The van der Waals surface area contributed by atoms with Crippen molar-refractivity contribution in [3.05, 3.63) is 65.7 Å². The number of benzene rings is 2. The van der Waals surface area contributed by atoms with Crippen LogP contribution in [0.2, 0.25) is 0 Å². The molecule has 3 rings (SSSR count). The highest BCUT2D eigenvalue weighted by Crippen LogP contribution is 2.15. The second-order valence-electron chi connectivity index (χ2n) is 6.21. The van der Waals surface area contributed by atoms with E-state index in [9.17, 15) is 13.6 Å². The average Bonchev–Trinajstić information content (AvgIpc) is 2.61. The lowest BCUT2D eigenvalue weighted by molar-refractivity contribution is -0.117. The number of piperazine rings is 1. The zero-order chi connectivity index (χ0) is 17.6. The van der Waals surface area contributed by atoms with Crippen molar-refractivity contribution in [3.8, 4) is 0 Å². The minimum atomic E-state index is -0.637. The molecule has 1 aliphatic heterocycles.